The van der Waals surface area contributed by atoms with Crippen LogP contribution in [-0.4, -0.2) is 19.1 Å². The summed E-state index contributed by atoms with van der Waals surface area (Å²) >= 11 is 7.81. The molecule has 0 unspecified atom stereocenters. The highest BCUT2D eigenvalue weighted by molar-refractivity contribution is 14.1. The molecule has 2 heterocycles. The van der Waals surface area contributed by atoms with Crippen molar-refractivity contribution in [2.75, 3.05) is 0 Å². The zero-order valence-electron chi connectivity index (χ0n) is 15.3. The highest BCUT2D eigenvalue weighted by Crippen LogP contribution is 2.27. The topological polar surface area (TPSA) is 35.6 Å². The number of halogens is 2. The van der Waals surface area contributed by atoms with E-state index in [0.717, 1.165) is 17.7 Å². The summed E-state index contributed by atoms with van der Waals surface area (Å²) < 4.78 is 6.14. The average molecular weight is 632 g/mol. The van der Waals surface area contributed by atoms with Crippen molar-refractivity contribution in [1.29, 1.82) is 0 Å². The summed E-state index contributed by atoms with van der Waals surface area (Å²) in [5.41, 5.74) is 0. The van der Waals surface area contributed by atoms with Crippen molar-refractivity contribution in [3.8, 4) is 0 Å². The van der Waals surface area contributed by atoms with E-state index in [1.807, 2.05) is 72.0 Å². The standard InChI is InChI=1S/2C10H9IN2S/c2*1-13-7-9(11)12-10(13)14-8-5-3-2-4-6-8/h2*2-7H,1H3. The van der Waals surface area contributed by atoms with Crippen molar-refractivity contribution in [2.45, 2.75) is 20.1 Å². The molecule has 0 aliphatic rings. The minimum Gasteiger partial charge on any atom is -0.328 e. The molecule has 4 aromatic rings. The van der Waals surface area contributed by atoms with Gasteiger partial charge in [-0.1, -0.05) is 59.9 Å². The Balaban J connectivity index is 0.000000161. The molecule has 0 aliphatic heterocycles. The van der Waals surface area contributed by atoms with Gasteiger partial charge in [-0.3, -0.25) is 0 Å². The number of benzene rings is 2. The van der Waals surface area contributed by atoms with Crippen molar-refractivity contribution in [3.05, 3.63) is 80.5 Å². The minimum absolute atomic E-state index is 1.03. The molecule has 2 aromatic carbocycles. The number of aryl methyl sites for hydroxylation is 2. The van der Waals surface area contributed by atoms with Crippen LogP contribution in [0.1, 0.15) is 0 Å². The van der Waals surface area contributed by atoms with E-state index in [0.29, 0.717) is 0 Å². The average Bonchev–Trinajstić information content (AvgIpc) is 3.17. The van der Waals surface area contributed by atoms with Gasteiger partial charge in [0, 0.05) is 36.3 Å². The first-order chi connectivity index (χ1) is 13.5. The number of nitrogens with zero attached hydrogens (tertiary/aromatic N) is 4. The van der Waals surface area contributed by atoms with Gasteiger partial charge in [0.25, 0.3) is 0 Å². The Hall–Kier alpha value is -0.980. The summed E-state index contributed by atoms with van der Waals surface area (Å²) in [6.07, 6.45) is 4.04. The monoisotopic (exact) mass is 632 g/mol. The third-order valence-electron chi connectivity index (χ3n) is 3.51. The van der Waals surface area contributed by atoms with Gasteiger partial charge in [0.2, 0.25) is 0 Å². The zero-order chi connectivity index (χ0) is 19.9. The second-order valence-corrected chi connectivity index (χ2v) is 10.0. The fraction of sp³-hybridized carbons (Fsp3) is 0.100. The molecular formula is C20H18I2N4S2. The first-order valence-corrected chi connectivity index (χ1v) is 12.1. The molecule has 8 heteroatoms. The van der Waals surface area contributed by atoms with Crippen LogP contribution in [0.3, 0.4) is 0 Å². The molecule has 0 spiro atoms. The molecule has 0 radical (unpaired) electrons. The molecule has 0 atom stereocenters. The Morgan fingerprint density at radius 3 is 1.29 bits per heavy atom. The number of hydrogen-bond acceptors (Lipinski definition) is 4. The lowest BCUT2D eigenvalue weighted by Gasteiger charge is -1.99. The van der Waals surface area contributed by atoms with Crippen LogP contribution in [0.2, 0.25) is 0 Å². The van der Waals surface area contributed by atoms with E-state index >= 15 is 0 Å². The summed E-state index contributed by atoms with van der Waals surface area (Å²) in [5.74, 6) is 0. The van der Waals surface area contributed by atoms with E-state index in [-0.39, 0.29) is 0 Å². The molecule has 0 saturated heterocycles. The van der Waals surface area contributed by atoms with Gasteiger partial charge in [0.15, 0.2) is 10.3 Å². The molecular weight excluding hydrogens is 614 g/mol. The van der Waals surface area contributed by atoms with Crippen molar-refractivity contribution in [2.24, 2.45) is 14.1 Å². The van der Waals surface area contributed by atoms with Crippen molar-refractivity contribution < 1.29 is 0 Å². The maximum Gasteiger partial charge on any atom is 0.173 e. The summed E-state index contributed by atoms with van der Waals surface area (Å²) in [4.78, 5) is 11.3. The minimum atomic E-state index is 1.03. The quantitative estimate of drug-likeness (QED) is 0.246. The molecule has 0 amide bonds. The molecule has 0 N–H and O–H groups in total. The Morgan fingerprint density at radius 2 is 1.00 bits per heavy atom. The number of imidazole rings is 2. The Bertz CT molecular complexity index is 934. The fourth-order valence-electron chi connectivity index (χ4n) is 2.21. The fourth-order valence-corrected chi connectivity index (χ4v) is 5.52. The van der Waals surface area contributed by atoms with Crippen molar-refractivity contribution in [1.82, 2.24) is 19.1 Å². The van der Waals surface area contributed by atoms with E-state index in [9.17, 15) is 0 Å². The van der Waals surface area contributed by atoms with Gasteiger partial charge in [-0.2, -0.15) is 0 Å². The van der Waals surface area contributed by atoms with Crippen molar-refractivity contribution in [3.63, 3.8) is 0 Å². The van der Waals surface area contributed by atoms with Crippen LogP contribution in [-0.2, 0) is 14.1 Å². The van der Waals surface area contributed by atoms with Crippen LogP contribution in [0.15, 0.2) is 93.2 Å². The lowest BCUT2D eigenvalue weighted by molar-refractivity contribution is 0.790. The summed E-state index contributed by atoms with van der Waals surface area (Å²) in [6.45, 7) is 0. The molecule has 4 rings (SSSR count). The second-order valence-electron chi connectivity index (χ2n) is 5.74. The van der Waals surface area contributed by atoms with Crippen LogP contribution in [0.4, 0.5) is 0 Å². The summed E-state index contributed by atoms with van der Waals surface area (Å²) in [5, 5.41) is 2.06. The van der Waals surface area contributed by atoms with E-state index in [2.05, 4.69) is 79.4 Å². The highest BCUT2D eigenvalue weighted by atomic mass is 127. The van der Waals surface area contributed by atoms with E-state index in [1.165, 1.54) is 9.79 Å². The van der Waals surface area contributed by atoms with Crippen LogP contribution >= 0.6 is 68.7 Å². The predicted octanol–water partition coefficient (Wildman–Crippen LogP) is 6.35. The van der Waals surface area contributed by atoms with E-state index in [1.54, 1.807) is 23.5 Å². The molecule has 28 heavy (non-hydrogen) atoms. The third-order valence-corrected chi connectivity index (χ3v) is 6.69. The van der Waals surface area contributed by atoms with Crippen LogP contribution < -0.4 is 0 Å². The van der Waals surface area contributed by atoms with Gasteiger partial charge in [0.1, 0.15) is 7.40 Å². The predicted molar refractivity (Wildman–Crippen MR) is 133 cm³/mol. The molecule has 0 fully saturated rings. The first kappa shape index (κ1) is 21.7. The number of rotatable bonds is 4. The third kappa shape index (κ3) is 6.53. The normalized spacial score (nSPS) is 10.4. The largest absolute Gasteiger partial charge is 0.328 e. The second kappa shape index (κ2) is 10.7. The van der Waals surface area contributed by atoms with Crippen LogP contribution in [0.25, 0.3) is 0 Å². The number of hydrogen-bond donors (Lipinski definition) is 0. The first-order valence-electron chi connectivity index (χ1n) is 8.35. The number of aromatic nitrogens is 4. The van der Waals surface area contributed by atoms with Gasteiger partial charge in [-0.25, -0.2) is 9.97 Å². The lowest BCUT2D eigenvalue weighted by Crippen LogP contribution is -1.87. The van der Waals surface area contributed by atoms with Gasteiger partial charge in [-0.15, -0.1) is 0 Å². The van der Waals surface area contributed by atoms with E-state index in [4.69, 9.17) is 0 Å². The van der Waals surface area contributed by atoms with Gasteiger partial charge in [0.05, 0.1) is 0 Å². The molecule has 144 valence electrons. The van der Waals surface area contributed by atoms with Crippen molar-refractivity contribution >= 4 is 68.7 Å². The maximum atomic E-state index is 4.42. The molecule has 0 aliphatic carbocycles. The molecule has 0 saturated carbocycles. The Morgan fingerprint density at radius 1 is 0.643 bits per heavy atom. The maximum absolute atomic E-state index is 4.42. The van der Waals surface area contributed by atoms with Crippen LogP contribution in [0.5, 0.6) is 0 Å². The Labute approximate surface area is 200 Å². The summed E-state index contributed by atoms with van der Waals surface area (Å²) in [7, 11) is 4.03. The highest BCUT2D eigenvalue weighted by Gasteiger charge is 2.05. The molecule has 0 bridgehead atoms. The molecule has 2 aromatic heterocycles. The van der Waals surface area contributed by atoms with Crippen LogP contribution in [0, 0.1) is 7.40 Å². The lowest BCUT2D eigenvalue weighted by atomic mass is 10.4. The summed E-state index contributed by atoms with van der Waals surface area (Å²) in [6, 6.07) is 20.5. The smallest absolute Gasteiger partial charge is 0.173 e. The van der Waals surface area contributed by atoms with E-state index < -0.39 is 0 Å². The molecule has 4 nitrogen and oxygen atoms in total. The van der Waals surface area contributed by atoms with Gasteiger partial charge < -0.3 is 9.13 Å². The SMILES string of the molecule is Cn1cc(I)nc1Sc1ccccc1.Cn1cc(I)nc1Sc1ccccc1. The Kier molecular flexibility index (Phi) is 8.30. The van der Waals surface area contributed by atoms with Gasteiger partial charge in [-0.05, 0) is 69.4 Å². The van der Waals surface area contributed by atoms with Gasteiger partial charge >= 0.3 is 0 Å². The zero-order valence-corrected chi connectivity index (χ0v) is 21.2.